The molecule has 2 aromatic rings. The van der Waals surface area contributed by atoms with Crippen molar-refractivity contribution in [3.8, 4) is 11.5 Å². The molecule has 0 radical (unpaired) electrons. The number of esters is 1. The number of carbonyl (C=O) groups excluding carboxylic acids is 2. The lowest BCUT2D eigenvalue weighted by atomic mass is 10.1. The van der Waals surface area contributed by atoms with Crippen molar-refractivity contribution in [2.75, 3.05) is 26.0 Å². The molecule has 1 fully saturated rings. The van der Waals surface area contributed by atoms with Gasteiger partial charge in [-0.1, -0.05) is 0 Å². The van der Waals surface area contributed by atoms with Crippen LogP contribution in [0.4, 0.5) is 0 Å². The molecule has 1 saturated heterocycles. The lowest BCUT2D eigenvalue weighted by molar-refractivity contribution is -0.140. The number of carbonyl (C=O) groups is 2. The number of benzene rings is 1. The van der Waals surface area contributed by atoms with E-state index in [2.05, 4.69) is 10.2 Å². The normalized spacial score (nSPS) is 17.8. The average Bonchev–Trinajstić information content (AvgIpc) is 3.15. The van der Waals surface area contributed by atoms with E-state index in [4.69, 9.17) is 9.15 Å². The summed E-state index contributed by atoms with van der Waals surface area (Å²) in [5.74, 6) is 0.727. The molecule has 1 aliphatic heterocycles. The van der Waals surface area contributed by atoms with Crippen molar-refractivity contribution >= 4 is 23.6 Å². The van der Waals surface area contributed by atoms with Gasteiger partial charge in [-0.25, -0.2) is 0 Å². The monoisotopic (exact) mass is 333 g/mol. The zero-order valence-corrected chi connectivity index (χ0v) is 13.3. The molecule has 3 rings (SSSR count). The number of ether oxygens (including phenoxy) is 1. The molecule has 1 amide bonds. The smallest absolute Gasteiger partial charge is 0.320 e. The Hall–Kier alpha value is -2.35. The minimum atomic E-state index is -0.324. The van der Waals surface area contributed by atoms with Gasteiger partial charge in [0.25, 0.3) is 5.91 Å². The second kappa shape index (κ2) is 6.82. The van der Waals surface area contributed by atoms with Crippen LogP contribution in [0.2, 0.25) is 0 Å². The van der Waals surface area contributed by atoms with Crippen LogP contribution in [-0.2, 0) is 9.53 Å². The van der Waals surface area contributed by atoms with E-state index in [9.17, 15) is 9.59 Å². The maximum Gasteiger partial charge on any atom is 0.320 e. The zero-order chi connectivity index (χ0) is 16.2. The summed E-state index contributed by atoms with van der Waals surface area (Å²) >= 11 is 1.52. The Morgan fingerprint density at radius 2 is 2.13 bits per heavy atom. The molecule has 23 heavy (non-hydrogen) atoms. The molecule has 0 saturated carbocycles. The van der Waals surface area contributed by atoms with E-state index in [1.807, 2.05) is 0 Å². The maximum atomic E-state index is 12.6. The van der Waals surface area contributed by atoms with Crippen molar-refractivity contribution in [3.63, 3.8) is 0 Å². The molecule has 1 aromatic heterocycles. The molecule has 120 valence electrons. The van der Waals surface area contributed by atoms with Gasteiger partial charge in [0.05, 0.1) is 7.11 Å². The highest BCUT2D eigenvalue weighted by Crippen LogP contribution is 2.22. The average molecular weight is 333 g/mol. The SMILES string of the molecule is COC(=O)[C@H]1CN(C(=O)c2ccc(-c3nnco3)cc2)CCS1. The first-order valence-electron chi connectivity index (χ1n) is 7.04. The number of methoxy groups -OCH3 is 1. The zero-order valence-electron chi connectivity index (χ0n) is 12.5. The second-order valence-corrected chi connectivity index (χ2v) is 6.27. The molecule has 2 heterocycles. The van der Waals surface area contributed by atoms with Gasteiger partial charge in [-0.15, -0.1) is 22.0 Å². The highest BCUT2D eigenvalue weighted by Gasteiger charge is 2.30. The number of nitrogens with zero attached hydrogens (tertiary/aromatic N) is 3. The van der Waals surface area contributed by atoms with Gasteiger partial charge in [0.2, 0.25) is 12.3 Å². The highest BCUT2D eigenvalue weighted by molar-refractivity contribution is 8.00. The number of thioether (sulfide) groups is 1. The third-order valence-electron chi connectivity index (χ3n) is 3.56. The van der Waals surface area contributed by atoms with Crippen LogP contribution in [0.25, 0.3) is 11.5 Å². The topological polar surface area (TPSA) is 85.5 Å². The Labute approximate surface area is 137 Å². The lowest BCUT2D eigenvalue weighted by Crippen LogP contribution is -2.44. The van der Waals surface area contributed by atoms with Crippen LogP contribution in [0.1, 0.15) is 10.4 Å². The van der Waals surface area contributed by atoms with E-state index in [1.165, 1.54) is 25.3 Å². The molecular weight excluding hydrogens is 318 g/mol. The summed E-state index contributed by atoms with van der Waals surface area (Å²) in [7, 11) is 1.36. The number of hydrogen-bond acceptors (Lipinski definition) is 7. The maximum absolute atomic E-state index is 12.6. The van der Waals surface area contributed by atoms with Crippen LogP contribution >= 0.6 is 11.8 Å². The molecule has 0 aliphatic carbocycles. The van der Waals surface area contributed by atoms with Crippen molar-refractivity contribution in [2.45, 2.75) is 5.25 Å². The fourth-order valence-corrected chi connectivity index (χ4v) is 3.47. The van der Waals surface area contributed by atoms with Crippen LogP contribution in [0.3, 0.4) is 0 Å². The predicted octanol–water partition coefficient (Wildman–Crippen LogP) is 1.47. The van der Waals surface area contributed by atoms with Gasteiger partial charge in [0.15, 0.2) is 0 Å². The Morgan fingerprint density at radius 1 is 1.35 bits per heavy atom. The minimum absolute atomic E-state index is 0.101. The van der Waals surface area contributed by atoms with E-state index >= 15 is 0 Å². The predicted molar refractivity (Wildman–Crippen MR) is 83.9 cm³/mol. The van der Waals surface area contributed by atoms with Crippen LogP contribution in [-0.4, -0.2) is 58.2 Å². The van der Waals surface area contributed by atoms with Crippen LogP contribution in [0, 0.1) is 0 Å². The van der Waals surface area contributed by atoms with E-state index in [0.29, 0.717) is 30.3 Å². The Morgan fingerprint density at radius 3 is 2.78 bits per heavy atom. The third kappa shape index (κ3) is 3.37. The molecular formula is C15H15N3O4S. The Kier molecular flexibility index (Phi) is 4.61. The molecule has 8 heteroatoms. The van der Waals surface area contributed by atoms with E-state index in [1.54, 1.807) is 29.2 Å². The van der Waals surface area contributed by atoms with Gasteiger partial charge < -0.3 is 14.1 Å². The molecule has 0 N–H and O–H groups in total. The molecule has 0 spiro atoms. The van der Waals surface area contributed by atoms with Gasteiger partial charge >= 0.3 is 5.97 Å². The van der Waals surface area contributed by atoms with Crippen molar-refractivity contribution in [1.29, 1.82) is 0 Å². The van der Waals surface area contributed by atoms with Crippen molar-refractivity contribution in [3.05, 3.63) is 36.2 Å². The van der Waals surface area contributed by atoms with Crippen molar-refractivity contribution in [1.82, 2.24) is 15.1 Å². The van der Waals surface area contributed by atoms with Gasteiger partial charge in [-0.2, -0.15) is 0 Å². The number of rotatable bonds is 3. The quantitative estimate of drug-likeness (QED) is 0.786. The molecule has 0 unspecified atom stereocenters. The fourth-order valence-electron chi connectivity index (χ4n) is 2.34. The molecule has 1 aliphatic rings. The Bertz CT molecular complexity index is 687. The number of amides is 1. The molecule has 7 nitrogen and oxygen atoms in total. The Balaban J connectivity index is 1.71. The summed E-state index contributed by atoms with van der Waals surface area (Å²) in [6.07, 6.45) is 1.26. The van der Waals surface area contributed by atoms with Crippen LogP contribution < -0.4 is 0 Å². The first kappa shape index (κ1) is 15.5. The summed E-state index contributed by atoms with van der Waals surface area (Å²) < 4.78 is 9.88. The van der Waals surface area contributed by atoms with Gasteiger partial charge in [0.1, 0.15) is 5.25 Å². The summed E-state index contributed by atoms with van der Waals surface area (Å²) in [4.78, 5) is 25.9. The molecule has 1 atom stereocenters. The molecule has 1 aromatic carbocycles. The molecule has 0 bridgehead atoms. The van der Waals surface area contributed by atoms with E-state index in [0.717, 1.165) is 5.56 Å². The van der Waals surface area contributed by atoms with E-state index < -0.39 is 0 Å². The van der Waals surface area contributed by atoms with Crippen LogP contribution in [0.5, 0.6) is 0 Å². The summed E-state index contributed by atoms with van der Waals surface area (Å²) in [6.45, 7) is 0.976. The standard InChI is InChI=1S/C15H15N3O4S/c1-21-15(20)12-8-18(6-7-23-12)14(19)11-4-2-10(3-5-11)13-17-16-9-22-13/h2-5,9,12H,6-8H2,1H3/t12-/m1/s1. The van der Waals surface area contributed by atoms with Crippen molar-refractivity contribution in [2.24, 2.45) is 0 Å². The summed E-state index contributed by atoms with van der Waals surface area (Å²) in [5, 5.41) is 7.12. The lowest BCUT2D eigenvalue weighted by Gasteiger charge is -2.31. The van der Waals surface area contributed by atoms with Gasteiger partial charge in [-0.3, -0.25) is 9.59 Å². The van der Waals surface area contributed by atoms with Crippen LogP contribution in [0.15, 0.2) is 35.1 Å². The third-order valence-corrected chi connectivity index (χ3v) is 4.72. The largest absolute Gasteiger partial charge is 0.468 e. The van der Waals surface area contributed by atoms with Gasteiger partial charge in [-0.05, 0) is 24.3 Å². The first-order chi connectivity index (χ1) is 11.2. The number of aromatic nitrogens is 2. The van der Waals surface area contributed by atoms with Crippen molar-refractivity contribution < 1.29 is 18.7 Å². The highest BCUT2D eigenvalue weighted by atomic mass is 32.2. The second-order valence-electron chi connectivity index (χ2n) is 4.95. The summed E-state index contributed by atoms with van der Waals surface area (Å²) in [6, 6.07) is 6.96. The fraction of sp³-hybridized carbons (Fsp3) is 0.333. The minimum Gasteiger partial charge on any atom is -0.468 e. The van der Waals surface area contributed by atoms with E-state index in [-0.39, 0.29) is 17.1 Å². The van der Waals surface area contributed by atoms with Gasteiger partial charge in [0, 0.05) is 30.0 Å². The first-order valence-corrected chi connectivity index (χ1v) is 8.09. The summed E-state index contributed by atoms with van der Waals surface area (Å²) in [5.41, 5.74) is 1.31. The number of hydrogen-bond donors (Lipinski definition) is 0.